The molecule has 0 spiro atoms. The zero-order valence-electron chi connectivity index (χ0n) is 15.4. The molecular weight excluding hydrogens is 455 g/mol. The van der Waals surface area contributed by atoms with Crippen molar-refractivity contribution in [2.75, 3.05) is 19.0 Å². The Morgan fingerprint density at radius 2 is 1.96 bits per heavy atom. The van der Waals surface area contributed by atoms with E-state index >= 15 is 0 Å². The minimum absolute atomic E-state index is 0. The number of rotatable bonds is 6. The van der Waals surface area contributed by atoms with Crippen molar-refractivity contribution in [1.82, 2.24) is 4.90 Å². The van der Waals surface area contributed by atoms with Crippen molar-refractivity contribution in [2.24, 2.45) is 10.7 Å². The average molecular weight is 480 g/mol. The summed E-state index contributed by atoms with van der Waals surface area (Å²) in [7, 11) is 1.62. The Morgan fingerprint density at radius 1 is 1.22 bits per heavy atom. The maximum absolute atomic E-state index is 11.7. The number of ether oxygens (including phenoxy) is 1. The normalized spacial score (nSPS) is 14.0. The fourth-order valence-corrected chi connectivity index (χ4v) is 2.91. The summed E-state index contributed by atoms with van der Waals surface area (Å²) in [6, 6.07) is 15.7. The van der Waals surface area contributed by atoms with E-state index in [1.165, 1.54) is 0 Å². The molecule has 2 aromatic carbocycles. The highest BCUT2D eigenvalue weighted by Gasteiger charge is 2.19. The molecule has 1 aliphatic rings. The van der Waals surface area contributed by atoms with Crippen LogP contribution in [0.1, 0.15) is 24.0 Å². The molecule has 7 heteroatoms. The number of methoxy groups -OCH3 is 1. The predicted octanol–water partition coefficient (Wildman–Crippen LogP) is 3.36. The molecule has 3 N–H and O–H groups in total. The number of guanidine groups is 1. The van der Waals surface area contributed by atoms with Gasteiger partial charge in [0.15, 0.2) is 5.96 Å². The van der Waals surface area contributed by atoms with Crippen molar-refractivity contribution in [3.8, 4) is 5.75 Å². The Kier molecular flexibility index (Phi) is 7.90. The van der Waals surface area contributed by atoms with E-state index in [-0.39, 0.29) is 29.9 Å². The lowest BCUT2D eigenvalue weighted by Gasteiger charge is -2.15. The van der Waals surface area contributed by atoms with Crippen molar-refractivity contribution in [3.63, 3.8) is 0 Å². The van der Waals surface area contributed by atoms with Gasteiger partial charge in [-0.25, -0.2) is 4.99 Å². The van der Waals surface area contributed by atoms with Gasteiger partial charge in [0.05, 0.1) is 13.7 Å². The summed E-state index contributed by atoms with van der Waals surface area (Å²) >= 11 is 0. The number of nitrogens with one attached hydrogen (secondary N) is 1. The van der Waals surface area contributed by atoms with Crippen LogP contribution >= 0.6 is 24.0 Å². The summed E-state index contributed by atoms with van der Waals surface area (Å²) in [5.41, 5.74) is 8.98. The summed E-state index contributed by atoms with van der Waals surface area (Å²) in [6.07, 6.45) is 1.64. The molecule has 0 saturated carbocycles. The molecule has 1 saturated heterocycles. The maximum atomic E-state index is 11.7. The van der Waals surface area contributed by atoms with E-state index in [1.54, 1.807) is 7.11 Å². The molecule has 1 fully saturated rings. The molecule has 0 bridgehead atoms. The summed E-state index contributed by atoms with van der Waals surface area (Å²) in [5.74, 6) is 1.36. The Balaban J connectivity index is 0.00000261. The number of carbonyl (C=O) groups is 1. The number of hydrogen-bond acceptors (Lipinski definition) is 3. The summed E-state index contributed by atoms with van der Waals surface area (Å²) in [4.78, 5) is 18.0. The largest absolute Gasteiger partial charge is 0.497 e. The molecule has 3 rings (SSSR count). The quantitative estimate of drug-likeness (QED) is 0.378. The van der Waals surface area contributed by atoms with Gasteiger partial charge in [-0.1, -0.05) is 30.3 Å². The van der Waals surface area contributed by atoms with Crippen molar-refractivity contribution < 1.29 is 9.53 Å². The number of nitrogens with two attached hydrogens (primary N) is 1. The third kappa shape index (κ3) is 6.13. The van der Waals surface area contributed by atoms with E-state index in [2.05, 4.69) is 10.3 Å². The van der Waals surface area contributed by atoms with E-state index < -0.39 is 0 Å². The average Bonchev–Trinajstić information content (AvgIpc) is 3.06. The molecule has 0 aliphatic carbocycles. The van der Waals surface area contributed by atoms with Crippen LogP contribution in [0.4, 0.5) is 5.69 Å². The van der Waals surface area contributed by atoms with E-state index in [0.717, 1.165) is 35.5 Å². The second kappa shape index (κ2) is 10.1. The van der Waals surface area contributed by atoms with Crippen LogP contribution in [-0.4, -0.2) is 30.4 Å². The predicted molar refractivity (Wildman–Crippen MR) is 118 cm³/mol. The molecule has 2 aromatic rings. The van der Waals surface area contributed by atoms with Gasteiger partial charge < -0.3 is 20.7 Å². The summed E-state index contributed by atoms with van der Waals surface area (Å²) in [5, 5.41) is 3.05. The zero-order valence-corrected chi connectivity index (χ0v) is 17.7. The number of likely N-dealkylation sites (tertiary alicyclic amines) is 1. The van der Waals surface area contributed by atoms with Crippen LogP contribution in [0.15, 0.2) is 53.5 Å². The number of nitrogens with zero attached hydrogens (tertiary/aromatic N) is 2. The van der Waals surface area contributed by atoms with Crippen molar-refractivity contribution >= 4 is 41.5 Å². The molecular formula is C20H25IN4O2. The lowest BCUT2D eigenvalue weighted by Crippen LogP contribution is -2.23. The maximum Gasteiger partial charge on any atom is 0.222 e. The van der Waals surface area contributed by atoms with Crippen LogP contribution in [0, 0.1) is 0 Å². The molecule has 1 heterocycles. The second-order valence-corrected chi connectivity index (χ2v) is 6.29. The highest BCUT2D eigenvalue weighted by Crippen LogP contribution is 2.17. The van der Waals surface area contributed by atoms with Gasteiger partial charge in [-0.15, -0.1) is 24.0 Å². The minimum Gasteiger partial charge on any atom is -0.497 e. The van der Waals surface area contributed by atoms with Crippen molar-refractivity contribution in [3.05, 3.63) is 59.7 Å². The Bertz CT molecular complexity index is 793. The first kappa shape index (κ1) is 21.0. The number of amides is 1. The van der Waals surface area contributed by atoms with Crippen molar-refractivity contribution in [2.45, 2.75) is 25.9 Å². The Labute approximate surface area is 176 Å². The molecule has 144 valence electrons. The third-order valence-electron chi connectivity index (χ3n) is 4.34. The van der Waals surface area contributed by atoms with Crippen LogP contribution < -0.4 is 15.8 Å². The van der Waals surface area contributed by atoms with Crippen molar-refractivity contribution in [1.29, 1.82) is 0 Å². The van der Waals surface area contributed by atoms with Crippen LogP contribution in [0.5, 0.6) is 5.75 Å². The van der Waals surface area contributed by atoms with Gasteiger partial charge in [0, 0.05) is 31.3 Å². The standard InChI is InChI=1S/C20H24N4O2.HI/c1-26-18-5-2-4-17(12-18)23-20(21)22-13-15-7-9-16(10-8-15)14-24-11-3-6-19(24)25;/h2,4-5,7-10,12H,3,6,11,13-14H2,1H3,(H3,21,22,23);1H. The highest BCUT2D eigenvalue weighted by atomic mass is 127. The fraction of sp³-hybridized carbons (Fsp3) is 0.300. The molecule has 0 aromatic heterocycles. The first-order valence-electron chi connectivity index (χ1n) is 8.70. The molecule has 0 unspecified atom stereocenters. The number of benzene rings is 2. The smallest absolute Gasteiger partial charge is 0.222 e. The van der Waals surface area contributed by atoms with Gasteiger partial charge >= 0.3 is 0 Å². The zero-order chi connectivity index (χ0) is 18.4. The number of anilines is 1. The van der Waals surface area contributed by atoms with E-state index in [1.807, 2.05) is 53.4 Å². The van der Waals surface area contributed by atoms with Gasteiger partial charge in [0.2, 0.25) is 5.91 Å². The van der Waals surface area contributed by atoms with Crippen LogP contribution in [-0.2, 0) is 17.9 Å². The number of aliphatic imine (C=N–C) groups is 1. The highest BCUT2D eigenvalue weighted by molar-refractivity contribution is 14.0. The molecule has 6 nitrogen and oxygen atoms in total. The molecule has 0 radical (unpaired) electrons. The third-order valence-corrected chi connectivity index (χ3v) is 4.34. The van der Waals surface area contributed by atoms with Gasteiger partial charge in [-0.2, -0.15) is 0 Å². The minimum atomic E-state index is 0. The molecule has 0 atom stereocenters. The van der Waals surface area contributed by atoms with Gasteiger partial charge in [0.25, 0.3) is 0 Å². The number of carbonyl (C=O) groups excluding carboxylic acids is 1. The van der Waals surface area contributed by atoms with Crippen LogP contribution in [0.3, 0.4) is 0 Å². The van der Waals surface area contributed by atoms with Crippen LogP contribution in [0.2, 0.25) is 0 Å². The van der Waals surface area contributed by atoms with E-state index in [9.17, 15) is 4.79 Å². The summed E-state index contributed by atoms with van der Waals surface area (Å²) in [6.45, 7) is 2.03. The lowest BCUT2D eigenvalue weighted by molar-refractivity contribution is -0.128. The first-order valence-corrected chi connectivity index (χ1v) is 8.70. The number of halogens is 1. The molecule has 1 amide bonds. The second-order valence-electron chi connectivity index (χ2n) is 6.29. The number of hydrogen-bond donors (Lipinski definition) is 2. The summed E-state index contributed by atoms with van der Waals surface area (Å²) < 4.78 is 5.19. The first-order chi connectivity index (χ1) is 12.6. The van der Waals surface area contributed by atoms with Crippen LogP contribution in [0.25, 0.3) is 0 Å². The van der Waals surface area contributed by atoms with E-state index in [0.29, 0.717) is 25.5 Å². The van der Waals surface area contributed by atoms with Gasteiger partial charge in [0.1, 0.15) is 5.75 Å². The Hall–Kier alpha value is -2.29. The van der Waals surface area contributed by atoms with Gasteiger partial charge in [-0.3, -0.25) is 4.79 Å². The Morgan fingerprint density at radius 3 is 2.63 bits per heavy atom. The lowest BCUT2D eigenvalue weighted by atomic mass is 10.1. The SMILES string of the molecule is COc1cccc(NC(N)=NCc2ccc(CN3CCCC3=O)cc2)c1.I. The molecule has 1 aliphatic heterocycles. The monoisotopic (exact) mass is 480 g/mol. The fourth-order valence-electron chi connectivity index (χ4n) is 2.91. The topological polar surface area (TPSA) is 80.0 Å². The molecule has 27 heavy (non-hydrogen) atoms. The van der Waals surface area contributed by atoms with Gasteiger partial charge in [-0.05, 0) is 29.7 Å². The van der Waals surface area contributed by atoms with E-state index in [4.69, 9.17) is 10.5 Å².